The van der Waals surface area contributed by atoms with Crippen molar-refractivity contribution >= 4 is 12.0 Å². The Kier molecular flexibility index (Phi) is 6.32. The van der Waals surface area contributed by atoms with E-state index in [4.69, 9.17) is 14.4 Å². The molecule has 176 valence electrons. The lowest BCUT2D eigenvalue weighted by molar-refractivity contribution is 0.0205. The van der Waals surface area contributed by atoms with Crippen molar-refractivity contribution in [1.29, 1.82) is 5.26 Å². The third kappa shape index (κ3) is 5.40. The standard InChI is InChI=1S/C23H25N7O4/c1-23(2,3)34-22(32)29-13-17(10-18(29)14-30-26-7-8-27-30)28-20(31)21-25-12-19(33-21)16-6-4-5-15(9-16)11-24/h4-9,12,17-18H,10,13-14H2,1-3H3,(H,28,31)/t17?,18-/m1/s1. The van der Waals surface area contributed by atoms with E-state index in [1.54, 1.807) is 62.3 Å². The van der Waals surface area contributed by atoms with Crippen molar-refractivity contribution in [2.75, 3.05) is 6.54 Å². The van der Waals surface area contributed by atoms with Gasteiger partial charge in [-0.25, -0.2) is 9.78 Å². The molecule has 0 spiro atoms. The Morgan fingerprint density at radius 2 is 2.06 bits per heavy atom. The molecule has 3 heterocycles. The number of likely N-dealkylation sites (tertiary alicyclic amines) is 1. The van der Waals surface area contributed by atoms with Gasteiger partial charge in [-0.1, -0.05) is 12.1 Å². The van der Waals surface area contributed by atoms with Gasteiger partial charge in [-0.3, -0.25) is 4.79 Å². The number of amides is 2. The van der Waals surface area contributed by atoms with Gasteiger partial charge in [-0.2, -0.15) is 20.3 Å². The minimum Gasteiger partial charge on any atom is -0.444 e. The first kappa shape index (κ1) is 23.0. The zero-order chi connectivity index (χ0) is 24.3. The van der Waals surface area contributed by atoms with Crippen molar-refractivity contribution in [2.24, 2.45) is 0 Å². The number of nitriles is 1. The molecular formula is C23H25N7O4. The molecule has 1 aliphatic heterocycles. The van der Waals surface area contributed by atoms with E-state index in [1.807, 2.05) is 0 Å². The number of oxazole rings is 1. The molecule has 1 aliphatic rings. The van der Waals surface area contributed by atoms with Gasteiger partial charge < -0.3 is 19.4 Å². The molecule has 1 N–H and O–H groups in total. The van der Waals surface area contributed by atoms with Crippen molar-refractivity contribution in [2.45, 2.75) is 51.4 Å². The molecular weight excluding hydrogens is 438 g/mol. The van der Waals surface area contributed by atoms with Crippen molar-refractivity contribution in [3.63, 3.8) is 0 Å². The molecule has 1 aromatic carbocycles. The van der Waals surface area contributed by atoms with Gasteiger partial charge in [0.05, 0.1) is 42.8 Å². The minimum atomic E-state index is -0.649. The number of hydrogen-bond donors (Lipinski definition) is 1. The normalized spacial score (nSPS) is 17.9. The largest absolute Gasteiger partial charge is 0.444 e. The summed E-state index contributed by atoms with van der Waals surface area (Å²) in [5.41, 5.74) is 0.477. The highest BCUT2D eigenvalue weighted by atomic mass is 16.6. The van der Waals surface area contributed by atoms with Crippen LogP contribution in [0, 0.1) is 11.3 Å². The molecule has 1 unspecified atom stereocenters. The summed E-state index contributed by atoms with van der Waals surface area (Å²) in [7, 11) is 0. The lowest BCUT2D eigenvalue weighted by atomic mass is 10.1. The molecule has 11 nitrogen and oxygen atoms in total. The highest BCUT2D eigenvalue weighted by Gasteiger charge is 2.39. The molecule has 34 heavy (non-hydrogen) atoms. The summed E-state index contributed by atoms with van der Waals surface area (Å²) in [6.07, 6.45) is 4.61. The number of nitrogens with zero attached hydrogens (tertiary/aromatic N) is 6. The van der Waals surface area contributed by atoms with E-state index in [1.165, 1.54) is 11.0 Å². The average molecular weight is 463 g/mol. The maximum absolute atomic E-state index is 12.8. The van der Waals surface area contributed by atoms with Crippen LogP contribution in [0.15, 0.2) is 47.3 Å². The van der Waals surface area contributed by atoms with Crippen LogP contribution >= 0.6 is 0 Å². The lowest BCUT2D eigenvalue weighted by Crippen LogP contribution is -2.43. The highest BCUT2D eigenvalue weighted by molar-refractivity contribution is 5.90. The van der Waals surface area contributed by atoms with Crippen molar-refractivity contribution in [3.05, 3.63) is 54.3 Å². The average Bonchev–Trinajstić information content (AvgIpc) is 3.54. The SMILES string of the molecule is CC(C)(C)OC(=O)N1CC(NC(=O)c2ncc(-c3cccc(C#N)c3)o2)C[C@@H]1Cn1nccn1. The summed E-state index contributed by atoms with van der Waals surface area (Å²) >= 11 is 0. The van der Waals surface area contributed by atoms with E-state index in [0.29, 0.717) is 29.9 Å². The Bertz CT molecular complexity index is 1210. The summed E-state index contributed by atoms with van der Waals surface area (Å²) in [4.78, 5) is 32.8. The molecule has 0 aliphatic carbocycles. The monoisotopic (exact) mass is 463 g/mol. The third-order valence-corrected chi connectivity index (χ3v) is 5.19. The number of carbonyl (C=O) groups excluding carboxylic acids is 2. The molecule has 0 radical (unpaired) electrons. The Morgan fingerprint density at radius 1 is 1.29 bits per heavy atom. The van der Waals surface area contributed by atoms with Crippen LogP contribution in [0.3, 0.4) is 0 Å². The fraction of sp³-hybridized carbons (Fsp3) is 0.391. The Hall–Kier alpha value is -4.20. The van der Waals surface area contributed by atoms with Gasteiger partial charge in [0.1, 0.15) is 5.60 Å². The number of hydrogen-bond acceptors (Lipinski definition) is 8. The van der Waals surface area contributed by atoms with Crippen molar-refractivity contribution < 1.29 is 18.7 Å². The fourth-order valence-electron chi connectivity index (χ4n) is 3.77. The second-order valence-electron chi connectivity index (χ2n) is 9.00. The second-order valence-corrected chi connectivity index (χ2v) is 9.00. The van der Waals surface area contributed by atoms with Gasteiger partial charge in [-0.05, 0) is 39.3 Å². The molecule has 0 bridgehead atoms. The minimum absolute atomic E-state index is 0.0987. The fourth-order valence-corrected chi connectivity index (χ4v) is 3.77. The smallest absolute Gasteiger partial charge is 0.410 e. The van der Waals surface area contributed by atoms with Crippen molar-refractivity contribution in [1.82, 2.24) is 30.2 Å². The van der Waals surface area contributed by atoms with Gasteiger partial charge in [-0.15, -0.1) is 0 Å². The Labute approximate surface area is 196 Å². The zero-order valence-electron chi connectivity index (χ0n) is 19.1. The number of rotatable bonds is 5. The molecule has 2 aromatic heterocycles. The van der Waals surface area contributed by atoms with Gasteiger partial charge in [0.25, 0.3) is 5.89 Å². The van der Waals surface area contributed by atoms with Crippen LogP contribution in [0.2, 0.25) is 0 Å². The van der Waals surface area contributed by atoms with E-state index in [-0.39, 0.29) is 24.5 Å². The summed E-state index contributed by atoms with van der Waals surface area (Å²) in [5, 5.41) is 20.2. The molecule has 2 atom stereocenters. The van der Waals surface area contributed by atoms with Crippen LogP contribution in [0.25, 0.3) is 11.3 Å². The van der Waals surface area contributed by atoms with Crippen LogP contribution in [-0.4, -0.2) is 61.1 Å². The lowest BCUT2D eigenvalue weighted by Gasteiger charge is -2.28. The molecule has 3 aromatic rings. The topological polar surface area (TPSA) is 139 Å². The molecule has 1 saturated heterocycles. The highest BCUT2D eigenvalue weighted by Crippen LogP contribution is 2.24. The molecule has 0 saturated carbocycles. The van der Waals surface area contributed by atoms with E-state index in [9.17, 15) is 9.59 Å². The molecule has 4 rings (SSSR count). The van der Waals surface area contributed by atoms with Crippen LogP contribution in [0.5, 0.6) is 0 Å². The Balaban J connectivity index is 1.45. The number of benzene rings is 1. The van der Waals surface area contributed by atoms with E-state index in [0.717, 1.165) is 0 Å². The number of ether oxygens (including phenoxy) is 1. The van der Waals surface area contributed by atoms with E-state index in [2.05, 4.69) is 26.6 Å². The molecule has 2 amide bonds. The van der Waals surface area contributed by atoms with Gasteiger partial charge in [0.15, 0.2) is 5.76 Å². The third-order valence-electron chi connectivity index (χ3n) is 5.19. The summed E-state index contributed by atoms with van der Waals surface area (Å²) in [5.74, 6) is -0.209. The quantitative estimate of drug-likeness (QED) is 0.609. The zero-order valence-corrected chi connectivity index (χ0v) is 19.1. The van der Waals surface area contributed by atoms with Crippen LogP contribution in [0.4, 0.5) is 4.79 Å². The van der Waals surface area contributed by atoms with E-state index < -0.39 is 17.6 Å². The summed E-state index contributed by atoms with van der Waals surface area (Å²) in [6.45, 7) is 6.05. The molecule has 1 fully saturated rings. The van der Waals surface area contributed by atoms with Crippen molar-refractivity contribution in [3.8, 4) is 17.4 Å². The van der Waals surface area contributed by atoms with Gasteiger partial charge in [0.2, 0.25) is 0 Å². The first-order chi connectivity index (χ1) is 16.2. The van der Waals surface area contributed by atoms with Gasteiger partial charge >= 0.3 is 12.0 Å². The maximum atomic E-state index is 12.8. The van der Waals surface area contributed by atoms with Gasteiger partial charge in [0, 0.05) is 18.2 Å². The Morgan fingerprint density at radius 3 is 2.76 bits per heavy atom. The van der Waals surface area contributed by atoms with Crippen LogP contribution in [0.1, 0.15) is 43.4 Å². The number of carbonyl (C=O) groups is 2. The predicted octanol–water partition coefficient (Wildman–Crippen LogP) is 2.61. The maximum Gasteiger partial charge on any atom is 0.410 e. The summed E-state index contributed by atoms with van der Waals surface area (Å²) < 4.78 is 11.2. The molecule has 11 heteroatoms. The number of nitrogens with one attached hydrogen (secondary N) is 1. The van der Waals surface area contributed by atoms with E-state index >= 15 is 0 Å². The predicted molar refractivity (Wildman–Crippen MR) is 119 cm³/mol. The first-order valence-corrected chi connectivity index (χ1v) is 10.8. The second kappa shape index (κ2) is 9.35. The first-order valence-electron chi connectivity index (χ1n) is 10.8. The summed E-state index contributed by atoms with van der Waals surface area (Å²) in [6, 6.07) is 8.31. The number of aromatic nitrogens is 4. The van der Waals surface area contributed by atoms with Crippen LogP contribution in [-0.2, 0) is 11.3 Å². The van der Waals surface area contributed by atoms with Crippen LogP contribution < -0.4 is 5.32 Å².